The zero-order chi connectivity index (χ0) is 19.9. The molecule has 4 heteroatoms. The van der Waals surface area contributed by atoms with Gasteiger partial charge in [0, 0.05) is 30.8 Å². The fourth-order valence-electron chi connectivity index (χ4n) is 3.04. The first-order chi connectivity index (χ1) is 13.6. The molecule has 0 heterocycles. The lowest BCUT2D eigenvalue weighted by Crippen LogP contribution is -2.38. The minimum atomic E-state index is -0.699. The van der Waals surface area contributed by atoms with Gasteiger partial charge in [-0.3, -0.25) is 5.09 Å². The summed E-state index contributed by atoms with van der Waals surface area (Å²) < 4.78 is 2.69. The summed E-state index contributed by atoms with van der Waals surface area (Å²) in [5.74, 6) is 0. The molecule has 0 aromatic heterocycles. The Bertz CT molecular complexity index is 783. The Hall–Kier alpha value is -1.74. The molecule has 2 nitrogen and oxygen atoms in total. The van der Waals surface area contributed by atoms with E-state index in [1.165, 1.54) is 15.9 Å². The fourth-order valence-corrected chi connectivity index (χ4v) is 8.84. The normalized spacial score (nSPS) is 12.6. The van der Waals surface area contributed by atoms with E-state index in [-0.39, 0.29) is 0 Å². The molecule has 28 heavy (non-hydrogen) atoms. The Kier molecular flexibility index (Phi) is 7.61. The van der Waals surface area contributed by atoms with Crippen LogP contribution in [0.1, 0.15) is 27.7 Å². The van der Waals surface area contributed by atoms with E-state index in [1.54, 1.807) is 0 Å². The zero-order valence-corrected chi connectivity index (χ0v) is 18.8. The second-order valence-electron chi connectivity index (χ2n) is 7.18. The summed E-state index contributed by atoms with van der Waals surface area (Å²) in [7, 11) is -1.40. The van der Waals surface area contributed by atoms with Crippen molar-refractivity contribution in [2.75, 3.05) is 0 Å². The van der Waals surface area contributed by atoms with Crippen LogP contribution in [-0.4, -0.2) is 16.5 Å². The minimum Gasteiger partial charge on any atom is -0.277 e. The molecule has 3 rings (SSSR count). The van der Waals surface area contributed by atoms with Crippen LogP contribution in [0.3, 0.4) is 0 Å². The molecule has 2 atom stereocenters. The van der Waals surface area contributed by atoms with E-state index in [4.69, 9.17) is 0 Å². The Balaban J connectivity index is 2.14. The maximum absolute atomic E-state index is 3.89. The monoisotopic (exact) mass is 406 g/mol. The van der Waals surface area contributed by atoms with Crippen molar-refractivity contribution in [2.24, 2.45) is 0 Å². The Labute approximate surface area is 172 Å². The summed E-state index contributed by atoms with van der Waals surface area (Å²) in [5, 5.41) is 7.91. The molecule has 0 spiro atoms. The molecule has 0 aliphatic heterocycles. The third kappa shape index (κ3) is 5.20. The van der Waals surface area contributed by atoms with Gasteiger partial charge in [-0.15, -0.1) is 0 Å². The van der Waals surface area contributed by atoms with Gasteiger partial charge in [0.2, 0.25) is 0 Å². The molecule has 0 saturated carbocycles. The van der Waals surface area contributed by atoms with Gasteiger partial charge >= 0.3 is 0 Å². The molecule has 0 aliphatic carbocycles. The summed E-state index contributed by atoms with van der Waals surface area (Å²) in [6.45, 7) is 9.06. The van der Waals surface area contributed by atoms with Crippen molar-refractivity contribution in [2.45, 2.75) is 39.8 Å². The van der Waals surface area contributed by atoms with Crippen molar-refractivity contribution in [3.8, 4) is 0 Å². The van der Waals surface area contributed by atoms with Crippen LogP contribution in [0.15, 0.2) is 78.9 Å². The number of rotatable bonds is 8. The summed E-state index contributed by atoms with van der Waals surface area (Å²) in [6.07, 6.45) is 0. The van der Waals surface area contributed by atoms with Crippen LogP contribution in [0.4, 0.5) is 0 Å². The van der Waals surface area contributed by atoms with E-state index in [2.05, 4.69) is 122 Å². The summed E-state index contributed by atoms with van der Waals surface area (Å²) in [4.78, 5) is 0. The lowest BCUT2D eigenvalue weighted by atomic mass is 10.4. The van der Waals surface area contributed by atoms with Crippen molar-refractivity contribution < 1.29 is 0 Å². The smallest absolute Gasteiger partial charge is 0.0743 e. The molecule has 144 valence electrons. The van der Waals surface area contributed by atoms with Gasteiger partial charge in [0.15, 0.2) is 0 Å². The van der Waals surface area contributed by atoms with Gasteiger partial charge in [-0.25, -0.2) is 4.44 Å². The lowest BCUT2D eigenvalue weighted by molar-refractivity contribution is 0.566. The first-order valence-electron chi connectivity index (χ1n) is 9.71. The van der Waals surface area contributed by atoms with Crippen molar-refractivity contribution in [1.29, 1.82) is 0 Å². The van der Waals surface area contributed by atoms with E-state index in [1.807, 2.05) is 6.07 Å². The number of nitrogens with zero attached hydrogens (tertiary/aromatic N) is 1. The summed E-state index contributed by atoms with van der Waals surface area (Å²) in [6, 6.07) is 35.0. The van der Waals surface area contributed by atoms with Gasteiger partial charge in [0.1, 0.15) is 0 Å². The maximum atomic E-state index is 3.89. The quantitative estimate of drug-likeness (QED) is 0.531. The molecule has 3 aromatic carbocycles. The number of benzene rings is 2. The maximum Gasteiger partial charge on any atom is 0.0743 e. The van der Waals surface area contributed by atoms with Crippen LogP contribution in [0.5, 0.6) is 0 Å². The average Bonchev–Trinajstić information content (AvgIpc) is 2.72. The third-order valence-electron chi connectivity index (χ3n) is 4.14. The van der Waals surface area contributed by atoms with Crippen LogP contribution >= 0.6 is 16.3 Å². The highest BCUT2D eigenvalue weighted by Crippen LogP contribution is 2.54. The van der Waals surface area contributed by atoms with Gasteiger partial charge in [0.25, 0.3) is 0 Å². The SMILES string of the molecule is CC(C)NP(c1ccccc1)N(C(C)C)P(c1cc#ccc1)c1ccccc1. The highest BCUT2D eigenvalue weighted by Gasteiger charge is 2.32. The van der Waals surface area contributed by atoms with Gasteiger partial charge in [0.05, 0.1) is 8.22 Å². The number of hydrogen-bond donors (Lipinski definition) is 1. The molecule has 0 aliphatic rings. The minimum absolute atomic E-state index is 0.382. The largest absolute Gasteiger partial charge is 0.277 e. The molecule has 0 saturated heterocycles. The third-order valence-corrected chi connectivity index (χ3v) is 10.1. The molecule has 1 N–H and O–H groups in total. The van der Waals surface area contributed by atoms with E-state index < -0.39 is 16.3 Å². The Morgan fingerprint density at radius 3 is 1.86 bits per heavy atom. The standard InChI is InChI=1S/C24H28N2P2/c1-20(2)25-28(24-18-12-7-13-19-24)26(21(3)4)27(22-14-8-5-9-15-22)23-16-10-6-11-17-23/h5,7-10,12-21,25H,1-4H3. The molecular weight excluding hydrogens is 378 g/mol. The highest BCUT2D eigenvalue weighted by molar-refractivity contribution is 7.81. The molecule has 0 bridgehead atoms. The second kappa shape index (κ2) is 10.2. The van der Waals surface area contributed by atoms with Crippen LogP contribution in [0.2, 0.25) is 0 Å². The molecule has 0 radical (unpaired) electrons. The first kappa shape index (κ1) is 21.0. The van der Waals surface area contributed by atoms with Crippen LogP contribution < -0.4 is 21.0 Å². The molecule has 0 fully saturated rings. The predicted molar refractivity (Wildman–Crippen MR) is 125 cm³/mol. The molecule has 0 amide bonds. The van der Waals surface area contributed by atoms with Crippen LogP contribution in [0, 0.1) is 12.1 Å². The van der Waals surface area contributed by atoms with Gasteiger partial charge in [-0.05, 0) is 51.2 Å². The zero-order valence-electron chi connectivity index (χ0n) is 17.0. The predicted octanol–water partition coefficient (Wildman–Crippen LogP) is 4.98. The van der Waals surface area contributed by atoms with Gasteiger partial charge in [-0.2, -0.15) is 0 Å². The molecule has 2 unspecified atom stereocenters. The van der Waals surface area contributed by atoms with Crippen LogP contribution in [0.25, 0.3) is 0 Å². The van der Waals surface area contributed by atoms with E-state index >= 15 is 0 Å². The number of nitrogens with one attached hydrogen (secondary N) is 1. The fraction of sp³-hybridized carbons (Fsp3) is 0.250. The summed E-state index contributed by atoms with van der Waals surface area (Å²) in [5.41, 5.74) is 0. The molecular formula is C24H28N2P2. The van der Waals surface area contributed by atoms with E-state index in [9.17, 15) is 0 Å². The van der Waals surface area contributed by atoms with Gasteiger partial charge in [-0.1, -0.05) is 72.8 Å². The van der Waals surface area contributed by atoms with Gasteiger partial charge < -0.3 is 0 Å². The topological polar surface area (TPSA) is 15.3 Å². The van der Waals surface area contributed by atoms with E-state index in [0.29, 0.717) is 12.1 Å². The number of hydrogen-bond acceptors (Lipinski definition) is 2. The van der Waals surface area contributed by atoms with Crippen molar-refractivity contribution in [3.05, 3.63) is 91.0 Å². The highest BCUT2D eigenvalue weighted by atomic mass is 31.2. The van der Waals surface area contributed by atoms with Crippen molar-refractivity contribution >= 4 is 32.2 Å². The average molecular weight is 406 g/mol. The Morgan fingerprint density at radius 2 is 1.36 bits per heavy atom. The van der Waals surface area contributed by atoms with Crippen molar-refractivity contribution in [1.82, 2.24) is 9.53 Å². The Morgan fingerprint density at radius 1 is 0.750 bits per heavy atom. The first-order valence-corrected chi connectivity index (χ1v) is 12.3. The van der Waals surface area contributed by atoms with Crippen LogP contribution in [-0.2, 0) is 0 Å². The van der Waals surface area contributed by atoms with Crippen molar-refractivity contribution in [3.63, 3.8) is 0 Å². The van der Waals surface area contributed by atoms with E-state index in [0.717, 1.165) is 0 Å². The summed E-state index contributed by atoms with van der Waals surface area (Å²) >= 11 is 0. The molecule has 3 aromatic rings. The second-order valence-corrected chi connectivity index (χ2v) is 11.4. The lowest BCUT2D eigenvalue weighted by Gasteiger charge is -2.42.